The quantitative estimate of drug-likeness (QED) is 0.290. The van der Waals surface area contributed by atoms with Gasteiger partial charge in [-0.15, -0.1) is 0 Å². The summed E-state index contributed by atoms with van der Waals surface area (Å²) >= 11 is 0. The van der Waals surface area contributed by atoms with Crippen molar-refractivity contribution in [3.63, 3.8) is 0 Å². The summed E-state index contributed by atoms with van der Waals surface area (Å²) in [6.07, 6.45) is -0.0536. The Morgan fingerprint density at radius 3 is 2.30 bits per heavy atom. The zero-order chi connectivity index (χ0) is 31.9. The Labute approximate surface area is 255 Å². The Bertz CT molecular complexity index is 1540. The summed E-state index contributed by atoms with van der Waals surface area (Å²) in [7, 11) is -3.01. The third-order valence-electron chi connectivity index (χ3n) is 7.68. The fourth-order valence-corrected chi connectivity index (χ4v) is 6.63. The summed E-state index contributed by atoms with van der Waals surface area (Å²) < 4.78 is 74.5. The number of alkyl halides is 3. The zero-order valence-electron chi connectivity index (χ0n) is 24.6. The molecule has 2 amide bonds. The van der Waals surface area contributed by atoms with Crippen LogP contribution < -0.4 is 14.4 Å². The Kier molecular flexibility index (Phi) is 10.6. The Balaban J connectivity index is 1.72. The maximum absolute atomic E-state index is 14.1. The predicted molar refractivity (Wildman–Crippen MR) is 160 cm³/mol. The van der Waals surface area contributed by atoms with Crippen LogP contribution in [0, 0.1) is 0 Å². The summed E-state index contributed by atoms with van der Waals surface area (Å²) in [6.45, 7) is 0.636. The van der Waals surface area contributed by atoms with Gasteiger partial charge in [0.05, 0.1) is 23.3 Å². The number of anilines is 1. The van der Waals surface area contributed by atoms with Gasteiger partial charge in [-0.05, 0) is 67.8 Å². The van der Waals surface area contributed by atoms with Gasteiger partial charge in [-0.3, -0.25) is 13.9 Å². The first kappa shape index (κ1) is 32.8. The van der Waals surface area contributed by atoms with Crippen molar-refractivity contribution in [3.05, 3.63) is 90.0 Å². The SMILES string of the molecule is COc1cccc(CN(C(=O)CN(c2cccc(C(F)(F)F)c2)S(=O)(=O)c2ccccc2)C(C)C(=O)NC2CCCCC2)c1. The lowest BCUT2D eigenvalue weighted by Crippen LogP contribution is -2.53. The van der Waals surface area contributed by atoms with Crippen LogP contribution in [0.25, 0.3) is 0 Å². The van der Waals surface area contributed by atoms with Crippen molar-refractivity contribution in [2.24, 2.45) is 0 Å². The van der Waals surface area contributed by atoms with Crippen LogP contribution in [0.3, 0.4) is 0 Å². The fourth-order valence-electron chi connectivity index (χ4n) is 5.20. The molecule has 1 unspecified atom stereocenters. The van der Waals surface area contributed by atoms with Crippen molar-refractivity contribution in [2.75, 3.05) is 18.0 Å². The Morgan fingerprint density at radius 2 is 1.64 bits per heavy atom. The molecule has 0 saturated heterocycles. The second-order valence-corrected chi connectivity index (χ2v) is 12.6. The van der Waals surface area contributed by atoms with E-state index in [2.05, 4.69) is 5.32 Å². The number of nitrogens with one attached hydrogen (secondary N) is 1. The van der Waals surface area contributed by atoms with E-state index in [-0.39, 0.29) is 23.2 Å². The van der Waals surface area contributed by atoms with Gasteiger partial charge in [0.2, 0.25) is 11.8 Å². The molecule has 1 fully saturated rings. The maximum atomic E-state index is 14.1. The van der Waals surface area contributed by atoms with Gasteiger partial charge in [-0.25, -0.2) is 8.42 Å². The van der Waals surface area contributed by atoms with E-state index in [1.807, 2.05) is 0 Å². The zero-order valence-corrected chi connectivity index (χ0v) is 25.4. The Morgan fingerprint density at radius 1 is 0.955 bits per heavy atom. The minimum Gasteiger partial charge on any atom is -0.497 e. The van der Waals surface area contributed by atoms with Gasteiger partial charge in [0.1, 0.15) is 18.3 Å². The van der Waals surface area contributed by atoms with Crippen LogP contribution in [0.2, 0.25) is 0 Å². The topological polar surface area (TPSA) is 96.0 Å². The lowest BCUT2D eigenvalue weighted by atomic mass is 9.95. The van der Waals surface area contributed by atoms with Gasteiger partial charge >= 0.3 is 6.18 Å². The third kappa shape index (κ3) is 8.10. The molecule has 0 aliphatic heterocycles. The van der Waals surface area contributed by atoms with Crippen LogP contribution >= 0.6 is 0 Å². The highest BCUT2D eigenvalue weighted by Crippen LogP contribution is 2.33. The highest BCUT2D eigenvalue weighted by molar-refractivity contribution is 7.92. The number of ether oxygens (including phenoxy) is 1. The average molecular weight is 632 g/mol. The van der Waals surface area contributed by atoms with Crippen molar-refractivity contribution in [2.45, 2.75) is 68.7 Å². The molecule has 0 aromatic heterocycles. The number of carbonyl (C=O) groups excluding carboxylic acids is 2. The van der Waals surface area contributed by atoms with Crippen molar-refractivity contribution >= 4 is 27.5 Å². The number of hydrogen-bond acceptors (Lipinski definition) is 5. The number of sulfonamides is 1. The second kappa shape index (κ2) is 14.1. The van der Waals surface area contributed by atoms with Crippen molar-refractivity contribution in [3.8, 4) is 5.75 Å². The number of benzene rings is 3. The summed E-state index contributed by atoms with van der Waals surface area (Å²) in [6, 6.07) is 16.8. The minimum atomic E-state index is -4.74. The van der Waals surface area contributed by atoms with Crippen molar-refractivity contribution in [1.82, 2.24) is 10.2 Å². The molecule has 3 aromatic rings. The number of carbonyl (C=O) groups is 2. The molecule has 1 saturated carbocycles. The molecule has 0 radical (unpaired) electrons. The molecule has 0 bridgehead atoms. The lowest BCUT2D eigenvalue weighted by molar-refractivity contribution is -0.139. The van der Waals surface area contributed by atoms with Crippen LogP contribution in [0.15, 0.2) is 83.8 Å². The summed E-state index contributed by atoms with van der Waals surface area (Å²) in [5, 5.41) is 3.01. The molecular weight excluding hydrogens is 595 g/mol. The first-order valence-electron chi connectivity index (χ1n) is 14.4. The molecule has 12 heteroatoms. The standard InChI is InChI=1S/C32H36F3N3O5S/c1-23(31(40)36-26-13-5-3-6-14-26)37(21-24-11-9-16-28(19-24)43-2)30(39)22-38(44(41,42)29-17-7-4-8-18-29)27-15-10-12-25(20-27)32(33,34)35/h4,7-12,15-20,23,26H,3,5-6,13-14,21-22H2,1-2H3,(H,36,40). The smallest absolute Gasteiger partial charge is 0.416 e. The lowest BCUT2D eigenvalue weighted by Gasteiger charge is -2.33. The molecule has 0 spiro atoms. The normalized spacial score (nSPS) is 14.8. The van der Waals surface area contributed by atoms with E-state index >= 15 is 0 Å². The molecule has 3 aromatic carbocycles. The van der Waals surface area contributed by atoms with E-state index in [1.54, 1.807) is 37.3 Å². The van der Waals surface area contributed by atoms with E-state index in [0.29, 0.717) is 21.7 Å². The number of rotatable bonds is 11. The summed E-state index contributed by atoms with van der Waals surface area (Å²) in [5.74, 6) is -0.646. The predicted octanol–water partition coefficient (Wildman–Crippen LogP) is 5.78. The average Bonchev–Trinajstić information content (AvgIpc) is 3.02. The van der Waals surface area contributed by atoms with E-state index in [0.717, 1.165) is 44.2 Å². The largest absolute Gasteiger partial charge is 0.497 e. The molecule has 8 nitrogen and oxygen atoms in total. The van der Waals surface area contributed by atoms with Crippen LogP contribution in [0.1, 0.15) is 50.2 Å². The van der Waals surface area contributed by atoms with Crippen molar-refractivity contribution < 1.29 is 35.9 Å². The molecule has 0 heterocycles. The number of hydrogen-bond donors (Lipinski definition) is 1. The van der Waals surface area contributed by atoms with Crippen molar-refractivity contribution in [1.29, 1.82) is 0 Å². The summed E-state index contributed by atoms with van der Waals surface area (Å²) in [4.78, 5) is 28.5. The van der Waals surface area contributed by atoms with Gasteiger partial charge in [0.25, 0.3) is 10.0 Å². The first-order valence-corrected chi connectivity index (χ1v) is 15.8. The van der Waals surface area contributed by atoms with E-state index < -0.39 is 46.2 Å². The van der Waals surface area contributed by atoms with Crippen LogP contribution in [0.5, 0.6) is 5.75 Å². The monoisotopic (exact) mass is 631 g/mol. The molecule has 1 atom stereocenters. The highest BCUT2D eigenvalue weighted by atomic mass is 32.2. The fraction of sp³-hybridized carbons (Fsp3) is 0.375. The molecule has 1 aliphatic rings. The van der Waals surface area contributed by atoms with Crippen LogP contribution in [0.4, 0.5) is 18.9 Å². The van der Waals surface area contributed by atoms with E-state index in [1.165, 1.54) is 42.3 Å². The molecule has 1 aliphatic carbocycles. The molecular formula is C32H36F3N3O5S. The Hall–Kier alpha value is -4.06. The van der Waals surface area contributed by atoms with Gasteiger partial charge in [-0.2, -0.15) is 13.2 Å². The van der Waals surface area contributed by atoms with E-state index in [9.17, 15) is 31.2 Å². The van der Waals surface area contributed by atoms with Gasteiger partial charge < -0.3 is 15.0 Å². The number of nitrogens with zero attached hydrogens (tertiary/aromatic N) is 2. The van der Waals surface area contributed by atoms with E-state index in [4.69, 9.17) is 4.74 Å². The summed E-state index contributed by atoms with van der Waals surface area (Å²) in [5.41, 5.74) is -0.784. The number of halogens is 3. The number of methoxy groups -OCH3 is 1. The maximum Gasteiger partial charge on any atom is 0.416 e. The molecule has 1 N–H and O–H groups in total. The minimum absolute atomic E-state index is 0.0347. The van der Waals surface area contributed by atoms with Crippen LogP contribution in [-0.2, 0) is 32.3 Å². The number of amides is 2. The highest BCUT2D eigenvalue weighted by Gasteiger charge is 2.35. The second-order valence-electron chi connectivity index (χ2n) is 10.8. The molecule has 4 rings (SSSR count). The molecule has 44 heavy (non-hydrogen) atoms. The third-order valence-corrected chi connectivity index (χ3v) is 9.47. The van der Waals surface area contributed by atoms with Gasteiger partial charge in [0, 0.05) is 12.6 Å². The first-order chi connectivity index (χ1) is 20.9. The van der Waals surface area contributed by atoms with Gasteiger partial charge in [0.15, 0.2) is 0 Å². The van der Waals surface area contributed by atoms with Gasteiger partial charge in [-0.1, -0.05) is 55.7 Å². The molecule has 236 valence electrons. The van der Waals surface area contributed by atoms with Crippen LogP contribution in [-0.4, -0.2) is 50.9 Å².